The van der Waals surface area contributed by atoms with Gasteiger partial charge in [0.25, 0.3) is 5.91 Å². The number of ether oxygens (including phenoxy) is 1. The molecule has 0 radical (unpaired) electrons. The third kappa shape index (κ3) is 4.14. The van der Waals surface area contributed by atoms with E-state index in [1.807, 2.05) is 13.0 Å². The fraction of sp³-hybridized carbons (Fsp3) is 0.286. The molecule has 0 fully saturated rings. The molecule has 0 saturated heterocycles. The van der Waals surface area contributed by atoms with Crippen LogP contribution < -0.4 is 10.1 Å². The van der Waals surface area contributed by atoms with Gasteiger partial charge in [-0.1, -0.05) is 11.6 Å². The van der Waals surface area contributed by atoms with Crippen molar-refractivity contribution in [3.63, 3.8) is 0 Å². The summed E-state index contributed by atoms with van der Waals surface area (Å²) < 4.78 is 7.25. The molecule has 2 aromatic heterocycles. The highest BCUT2D eigenvalue weighted by Crippen LogP contribution is 2.37. The Morgan fingerprint density at radius 2 is 2.21 bits per heavy atom. The van der Waals surface area contributed by atoms with E-state index in [0.29, 0.717) is 21.3 Å². The summed E-state index contributed by atoms with van der Waals surface area (Å²) in [6, 6.07) is 9.30. The number of rotatable bonds is 5. The lowest BCUT2D eigenvalue weighted by molar-refractivity contribution is 0.102. The summed E-state index contributed by atoms with van der Waals surface area (Å²) in [6.45, 7) is 2.08. The van der Waals surface area contributed by atoms with Crippen LogP contribution >= 0.6 is 22.9 Å². The summed E-state index contributed by atoms with van der Waals surface area (Å²) in [7, 11) is 0. The van der Waals surface area contributed by atoms with E-state index >= 15 is 0 Å². The number of amides is 1. The SMILES string of the molecule is Cc1cc(OCn2ccc(C(=O)Nc3sc4c(c3C#N)CCCC4)n2)ccc1Cl. The van der Waals surface area contributed by atoms with Gasteiger partial charge in [0.05, 0.1) is 5.56 Å². The molecule has 1 aromatic carbocycles. The molecule has 148 valence electrons. The number of thiophene rings is 1. The highest BCUT2D eigenvalue weighted by atomic mass is 35.5. The molecular weight excluding hydrogens is 408 g/mol. The van der Waals surface area contributed by atoms with Crippen LogP contribution in [0.15, 0.2) is 30.5 Å². The molecule has 3 aromatic rings. The van der Waals surface area contributed by atoms with Gasteiger partial charge in [0.15, 0.2) is 12.4 Å². The average molecular weight is 427 g/mol. The normalized spacial score (nSPS) is 12.9. The number of nitrogens with one attached hydrogen (secondary N) is 1. The number of aryl methyl sites for hydroxylation is 2. The predicted octanol–water partition coefficient (Wildman–Crippen LogP) is 4.95. The summed E-state index contributed by atoms with van der Waals surface area (Å²) in [5.74, 6) is 0.345. The molecule has 29 heavy (non-hydrogen) atoms. The average Bonchev–Trinajstić information content (AvgIpc) is 3.33. The fourth-order valence-corrected chi connectivity index (χ4v) is 4.69. The number of nitrogens with zero attached hydrogens (tertiary/aromatic N) is 3. The minimum absolute atomic E-state index is 0.172. The van der Waals surface area contributed by atoms with E-state index in [4.69, 9.17) is 16.3 Å². The second-order valence-corrected chi connectivity index (χ2v) is 8.42. The topological polar surface area (TPSA) is 79.9 Å². The lowest BCUT2D eigenvalue weighted by Gasteiger charge is -2.09. The van der Waals surface area contributed by atoms with E-state index in [1.165, 1.54) is 16.2 Å². The van der Waals surface area contributed by atoms with Crippen molar-refractivity contribution in [1.29, 1.82) is 5.26 Å². The molecule has 1 amide bonds. The number of hydrogen-bond acceptors (Lipinski definition) is 5. The number of fused-ring (bicyclic) bond motifs is 1. The molecule has 8 heteroatoms. The van der Waals surface area contributed by atoms with E-state index in [9.17, 15) is 10.1 Å². The Bertz CT molecular complexity index is 1110. The van der Waals surface area contributed by atoms with Crippen LogP contribution in [0.1, 0.15) is 44.9 Å². The van der Waals surface area contributed by atoms with Crippen LogP contribution in [-0.2, 0) is 19.6 Å². The lowest BCUT2D eigenvalue weighted by atomic mass is 9.96. The van der Waals surface area contributed by atoms with Crippen LogP contribution in [-0.4, -0.2) is 15.7 Å². The van der Waals surface area contributed by atoms with Gasteiger partial charge in [-0.2, -0.15) is 10.4 Å². The van der Waals surface area contributed by atoms with Gasteiger partial charge in [0.1, 0.15) is 16.8 Å². The molecule has 0 saturated carbocycles. The van der Waals surface area contributed by atoms with Crippen LogP contribution in [0.5, 0.6) is 5.75 Å². The van der Waals surface area contributed by atoms with Crippen molar-refractivity contribution in [3.05, 3.63) is 62.7 Å². The van der Waals surface area contributed by atoms with Gasteiger partial charge >= 0.3 is 0 Å². The third-order valence-corrected chi connectivity index (χ3v) is 6.51. The van der Waals surface area contributed by atoms with Crippen molar-refractivity contribution in [2.24, 2.45) is 0 Å². The van der Waals surface area contributed by atoms with E-state index in [2.05, 4.69) is 16.5 Å². The largest absolute Gasteiger partial charge is 0.471 e. The molecule has 1 aliphatic rings. The van der Waals surface area contributed by atoms with E-state index in [1.54, 1.807) is 29.1 Å². The van der Waals surface area contributed by atoms with Gasteiger partial charge in [0.2, 0.25) is 0 Å². The van der Waals surface area contributed by atoms with Crippen LogP contribution in [0.3, 0.4) is 0 Å². The zero-order chi connectivity index (χ0) is 20.4. The molecule has 1 N–H and O–H groups in total. The van der Waals surface area contributed by atoms with E-state index < -0.39 is 0 Å². The van der Waals surface area contributed by atoms with Crippen LogP contribution in [0.4, 0.5) is 5.00 Å². The molecule has 0 spiro atoms. The number of nitriles is 1. The first-order chi connectivity index (χ1) is 14.0. The molecule has 0 aliphatic heterocycles. The monoisotopic (exact) mass is 426 g/mol. The molecule has 2 heterocycles. The first-order valence-corrected chi connectivity index (χ1v) is 10.5. The Morgan fingerprint density at radius 3 is 3.00 bits per heavy atom. The minimum atomic E-state index is -0.332. The van der Waals surface area contributed by atoms with Gasteiger partial charge in [-0.3, -0.25) is 4.79 Å². The highest BCUT2D eigenvalue weighted by molar-refractivity contribution is 7.16. The molecule has 4 rings (SSSR count). The predicted molar refractivity (Wildman–Crippen MR) is 113 cm³/mol. The second kappa shape index (κ2) is 8.27. The van der Waals surface area contributed by atoms with Gasteiger partial charge in [-0.25, -0.2) is 4.68 Å². The number of carbonyl (C=O) groups excluding carboxylic acids is 1. The third-order valence-electron chi connectivity index (χ3n) is 4.88. The number of hydrogen-bond donors (Lipinski definition) is 1. The maximum atomic E-state index is 12.6. The number of aromatic nitrogens is 2. The molecular formula is C21H19ClN4O2S. The summed E-state index contributed by atoms with van der Waals surface area (Å²) in [5.41, 5.74) is 2.89. The minimum Gasteiger partial charge on any atom is -0.471 e. The van der Waals surface area contributed by atoms with E-state index in [0.717, 1.165) is 36.8 Å². The maximum absolute atomic E-state index is 12.6. The molecule has 0 atom stereocenters. The zero-order valence-electron chi connectivity index (χ0n) is 15.9. The first-order valence-electron chi connectivity index (χ1n) is 9.33. The van der Waals surface area contributed by atoms with Crippen LogP contribution in [0.25, 0.3) is 0 Å². The Kier molecular flexibility index (Phi) is 5.56. The second-order valence-electron chi connectivity index (χ2n) is 6.91. The molecule has 1 aliphatic carbocycles. The van der Waals surface area contributed by atoms with Crippen molar-refractivity contribution in [2.45, 2.75) is 39.3 Å². The van der Waals surface area contributed by atoms with Gasteiger partial charge < -0.3 is 10.1 Å². The van der Waals surface area contributed by atoms with Crippen LogP contribution in [0.2, 0.25) is 5.02 Å². The summed E-state index contributed by atoms with van der Waals surface area (Å²) >= 11 is 7.52. The van der Waals surface area contributed by atoms with E-state index in [-0.39, 0.29) is 18.3 Å². The lowest BCUT2D eigenvalue weighted by Crippen LogP contribution is -2.14. The molecule has 0 unspecified atom stereocenters. The Morgan fingerprint density at radius 1 is 1.38 bits per heavy atom. The zero-order valence-corrected chi connectivity index (χ0v) is 17.4. The molecule has 0 bridgehead atoms. The van der Waals surface area contributed by atoms with Gasteiger partial charge in [0, 0.05) is 16.1 Å². The Hall–Kier alpha value is -2.82. The Labute approximate surface area is 177 Å². The first kappa shape index (κ1) is 19.5. The molecule has 6 nitrogen and oxygen atoms in total. The summed E-state index contributed by atoms with van der Waals surface area (Å²) in [5, 5.41) is 18.0. The van der Waals surface area contributed by atoms with Crippen molar-refractivity contribution in [3.8, 4) is 11.8 Å². The fourth-order valence-electron chi connectivity index (χ4n) is 3.34. The Balaban J connectivity index is 1.43. The smallest absolute Gasteiger partial charge is 0.276 e. The van der Waals surface area contributed by atoms with Crippen LogP contribution in [0, 0.1) is 18.3 Å². The van der Waals surface area contributed by atoms with Gasteiger partial charge in [-0.15, -0.1) is 11.3 Å². The number of carbonyl (C=O) groups is 1. The maximum Gasteiger partial charge on any atom is 0.276 e. The van der Waals surface area contributed by atoms with Crippen molar-refractivity contribution >= 4 is 33.8 Å². The van der Waals surface area contributed by atoms with Gasteiger partial charge in [-0.05, 0) is 68.0 Å². The highest BCUT2D eigenvalue weighted by Gasteiger charge is 2.22. The van der Waals surface area contributed by atoms with Crippen molar-refractivity contribution < 1.29 is 9.53 Å². The standard InChI is InChI=1S/C21H19ClN4O2S/c1-13-10-14(6-7-17(13)22)28-12-26-9-8-18(25-26)20(27)24-21-16(11-23)15-4-2-3-5-19(15)29-21/h6-10H,2-5,12H2,1H3,(H,24,27). The summed E-state index contributed by atoms with van der Waals surface area (Å²) in [6.07, 6.45) is 5.77. The number of anilines is 1. The van der Waals surface area contributed by atoms with Crippen molar-refractivity contribution in [2.75, 3.05) is 5.32 Å². The number of halogens is 1. The quantitative estimate of drug-likeness (QED) is 0.626. The summed E-state index contributed by atoms with van der Waals surface area (Å²) in [4.78, 5) is 13.8. The number of benzene rings is 1. The van der Waals surface area contributed by atoms with Crippen molar-refractivity contribution in [1.82, 2.24) is 9.78 Å².